The second-order valence-electron chi connectivity index (χ2n) is 6.13. The van der Waals surface area contributed by atoms with Crippen LogP contribution in [0.3, 0.4) is 0 Å². The predicted octanol–water partition coefficient (Wildman–Crippen LogP) is 3.73. The van der Waals surface area contributed by atoms with E-state index < -0.39 is 0 Å². The minimum absolute atomic E-state index is 0.487. The summed E-state index contributed by atoms with van der Waals surface area (Å²) in [6, 6.07) is 2.67. The summed E-state index contributed by atoms with van der Waals surface area (Å²) in [5.74, 6) is 2.74. The molecule has 0 atom stereocenters. The third kappa shape index (κ3) is 5.51. The lowest BCUT2D eigenvalue weighted by molar-refractivity contribution is 0.217. The van der Waals surface area contributed by atoms with Crippen molar-refractivity contribution in [1.29, 1.82) is 0 Å². The Morgan fingerprint density at radius 2 is 2.05 bits per heavy atom. The minimum atomic E-state index is 0.487. The van der Waals surface area contributed by atoms with E-state index in [4.69, 9.17) is 4.42 Å². The molecule has 0 unspecified atom stereocenters. The zero-order valence-corrected chi connectivity index (χ0v) is 13.7. The average Bonchev–Trinajstić information content (AvgIpc) is 2.69. The standard InChI is InChI=1S/C17H30N2O/c1-7-8-19(14(4)5)12-17-9-16(15(6)20-17)11-18-10-13(2)3/h7,9,13-14,18H,1,8,10-12H2,2-6H3. The van der Waals surface area contributed by atoms with E-state index in [0.717, 1.165) is 37.7 Å². The minimum Gasteiger partial charge on any atom is -0.465 e. The Balaban J connectivity index is 2.61. The van der Waals surface area contributed by atoms with Crippen LogP contribution in [0.1, 0.15) is 44.8 Å². The second-order valence-corrected chi connectivity index (χ2v) is 6.13. The highest BCUT2D eigenvalue weighted by Crippen LogP contribution is 2.17. The van der Waals surface area contributed by atoms with Crippen LogP contribution in [0.4, 0.5) is 0 Å². The van der Waals surface area contributed by atoms with E-state index >= 15 is 0 Å². The van der Waals surface area contributed by atoms with Crippen LogP contribution in [0.15, 0.2) is 23.1 Å². The highest BCUT2D eigenvalue weighted by atomic mass is 16.3. The van der Waals surface area contributed by atoms with Gasteiger partial charge in [0.15, 0.2) is 0 Å². The number of nitrogens with zero attached hydrogens (tertiary/aromatic N) is 1. The lowest BCUT2D eigenvalue weighted by atomic mass is 10.2. The number of rotatable bonds is 9. The van der Waals surface area contributed by atoms with Gasteiger partial charge in [0.25, 0.3) is 0 Å². The van der Waals surface area contributed by atoms with Gasteiger partial charge in [0.1, 0.15) is 11.5 Å². The molecule has 20 heavy (non-hydrogen) atoms. The normalized spacial score (nSPS) is 11.8. The van der Waals surface area contributed by atoms with Gasteiger partial charge >= 0.3 is 0 Å². The van der Waals surface area contributed by atoms with Gasteiger partial charge in [-0.15, -0.1) is 6.58 Å². The monoisotopic (exact) mass is 278 g/mol. The number of nitrogens with one attached hydrogen (secondary N) is 1. The molecule has 0 spiro atoms. The molecule has 1 aromatic heterocycles. The number of furan rings is 1. The van der Waals surface area contributed by atoms with Crippen molar-refractivity contribution < 1.29 is 4.42 Å². The van der Waals surface area contributed by atoms with E-state index in [1.165, 1.54) is 5.56 Å². The van der Waals surface area contributed by atoms with Crippen LogP contribution in [-0.2, 0) is 13.1 Å². The van der Waals surface area contributed by atoms with Gasteiger partial charge in [0.05, 0.1) is 6.54 Å². The fourth-order valence-corrected chi connectivity index (χ4v) is 2.16. The molecule has 0 amide bonds. The largest absolute Gasteiger partial charge is 0.465 e. The highest BCUT2D eigenvalue weighted by molar-refractivity contribution is 5.20. The summed E-state index contributed by atoms with van der Waals surface area (Å²) in [6.45, 7) is 18.4. The SMILES string of the molecule is C=CCN(Cc1cc(CNCC(C)C)c(C)o1)C(C)C. The van der Waals surface area contributed by atoms with Crippen LogP contribution < -0.4 is 5.32 Å². The van der Waals surface area contributed by atoms with E-state index in [1.807, 2.05) is 13.0 Å². The van der Waals surface area contributed by atoms with Gasteiger partial charge in [-0.25, -0.2) is 0 Å². The molecule has 0 bridgehead atoms. The first kappa shape index (κ1) is 17.0. The Labute approximate surface area is 124 Å². The van der Waals surface area contributed by atoms with Crippen LogP contribution in [0.5, 0.6) is 0 Å². The van der Waals surface area contributed by atoms with E-state index in [-0.39, 0.29) is 0 Å². The molecule has 3 nitrogen and oxygen atoms in total. The van der Waals surface area contributed by atoms with Gasteiger partial charge in [-0.3, -0.25) is 4.90 Å². The van der Waals surface area contributed by atoms with Gasteiger partial charge in [0, 0.05) is 24.7 Å². The van der Waals surface area contributed by atoms with Crippen LogP contribution in [0.25, 0.3) is 0 Å². The van der Waals surface area contributed by atoms with Crippen LogP contribution in [0, 0.1) is 12.8 Å². The van der Waals surface area contributed by atoms with Crippen molar-refractivity contribution in [2.45, 2.75) is 53.8 Å². The Bertz CT molecular complexity index is 407. The Morgan fingerprint density at radius 1 is 1.35 bits per heavy atom. The number of hydrogen-bond donors (Lipinski definition) is 1. The smallest absolute Gasteiger partial charge is 0.118 e. The first-order chi connectivity index (χ1) is 9.43. The van der Waals surface area contributed by atoms with Crippen molar-refractivity contribution in [1.82, 2.24) is 10.2 Å². The Hall–Kier alpha value is -1.06. The fourth-order valence-electron chi connectivity index (χ4n) is 2.16. The molecule has 0 saturated heterocycles. The number of hydrogen-bond acceptors (Lipinski definition) is 3. The molecule has 0 aliphatic rings. The van der Waals surface area contributed by atoms with E-state index in [0.29, 0.717) is 12.0 Å². The lowest BCUT2D eigenvalue weighted by Crippen LogP contribution is -2.30. The topological polar surface area (TPSA) is 28.4 Å². The molecule has 1 N–H and O–H groups in total. The maximum absolute atomic E-state index is 5.88. The molecule has 1 rings (SSSR count). The molecular formula is C17H30N2O. The zero-order valence-electron chi connectivity index (χ0n) is 13.7. The Kier molecular flexibility index (Phi) is 7.03. The van der Waals surface area contributed by atoms with E-state index in [1.54, 1.807) is 0 Å². The number of aryl methyl sites for hydroxylation is 1. The lowest BCUT2D eigenvalue weighted by Gasteiger charge is -2.23. The third-order valence-electron chi connectivity index (χ3n) is 3.39. The van der Waals surface area contributed by atoms with Gasteiger partial charge < -0.3 is 9.73 Å². The highest BCUT2D eigenvalue weighted by Gasteiger charge is 2.13. The molecule has 1 aromatic rings. The van der Waals surface area contributed by atoms with Crippen molar-refractivity contribution in [2.75, 3.05) is 13.1 Å². The summed E-state index contributed by atoms with van der Waals surface area (Å²) in [5.41, 5.74) is 1.27. The van der Waals surface area contributed by atoms with Crippen LogP contribution >= 0.6 is 0 Å². The predicted molar refractivity (Wildman–Crippen MR) is 85.7 cm³/mol. The van der Waals surface area contributed by atoms with Gasteiger partial charge in [0.2, 0.25) is 0 Å². The molecule has 3 heteroatoms. The van der Waals surface area contributed by atoms with Crippen molar-refractivity contribution in [2.24, 2.45) is 5.92 Å². The third-order valence-corrected chi connectivity index (χ3v) is 3.39. The molecule has 0 aliphatic heterocycles. The van der Waals surface area contributed by atoms with Gasteiger partial charge in [-0.2, -0.15) is 0 Å². The molecule has 0 radical (unpaired) electrons. The Morgan fingerprint density at radius 3 is 2.60 bits per heavy atom. The quantitative estimate of drug-likeness (QED) is 0.698. The van der Waals surface area contributed by atoms with Crippen molar-refractivity contribution in [3.05, 3.63) is 35.8 Å². The van der Waals surface area contributed by atoms with Crippen molar-refractivity contribution in [3.63, 3.8) is 0 Å². The summed E-state index contributed by atoms with van der Waals surface area (Å²) in [7, 11) is 0. The van der Waals surface area contributed by atoms with Gasteiger partial charge in [-0.1, -0.05) is 19.9 Å². The molecule has 0 saturated carbocycles. The first-order valence-electron chi connectivity index (χ1n) is 7.57. The summed E-state index contributed by atoms with van der Waals surface area (Å²) >= 11 is 0. The van der Waals surface area contributed by atoms with E-state index in [9.17, 15) is 0 Å². The summed E-state index contributed by atoms with van der Waals surface area (Å²) < 4.78 is 5.88. The molecule has 0 fully saturated rings. The van der Waals surface area contributed by atoms with Crippen molar-refractivity contribution in [3.8, 4) is 0 Å². The van der Waals surface area contributed by atoms with Crippen LogP contribution in [-0.4, -0.2) is 24.0 Å². The molecular weight excluding hydrogens is 248 g/mol. The van der Waals surface area contributed by atoms with E-state index in [2.05, 4.69) is 50.6 Å². The molecule has 1 heterocycles. The molecule has 0 aliphatic carbocycles. The molecule has 0 aromatic carbocycles. The maximum Gasteiger partial charge on any atom is 0.118 e. The first-order valence-corrected chi connectivity index (χ1v) is 7.57. The summed E-state index contributed by atoms with van der Waals surface area (Å²) in [5, 5.41) is 3.47. The van der Waals surface area contributed by atoms with Gasteiger partial charge in [-0.05, 0) is 39.3 Å². The maximum atomic E-state index is 5.88. The molecule has 114 valence electrons. The fraction of sp³-hybridized carbons (Fsp3) is 0.647. The average molecular weight is 278 g/mol. The second kappa shape index (κ2) is 8.28. The van der Waals surface area contributed by atoms with Crippen LogP contribution in [0.2, 0.25) is 0 Å². The summed E-state index contributed by atoms with van der Waals surface area (Å²) in [4.78, 5) is 2.34. The summed E-state index contributed by atoms with van der Waals surface area (Å²) in [6.07, 6.45) is 1.95. The van der Waals surface area contributed by atoms with Crippen molar-refractivity contribution >= 4 is 0 Å². The zero-order chi connectivity index (χ0) is 15.1.